The molecule has 2 unspecified atom stereocenters. The Labute approximate surface area is 63.0 Å². The summed E-state index contributed by atoms with van der Waals surface area (Å²) in [7, 11) is 0. The minimum Gasteiger partial charge on any atom is -0.393 e. The molecule has 0 saturated carbocycles. The first kappa shape index (κ1) is 9.63. The second-order valence-electron chi connectivity index (χ2n) is 2.81. The fourth-order valence-electron chi connectivity index (χ4n) is 0.800. The van der Waals surface area contributed by atoms with Gasteiger partial charge in [0.2, 0.25) is 0 Å². The van der Waals surface area contributed by atoms with E-state index in [1.807, 2.05) is 13.8 Å². The van der Waals surface area contributed by atoms with Gasteiger partial charge in [-0.05, 0) is 39.8 Å². The summed E-state index contributed by atoms with van der Waals surface area (Å²) in [5, 5.41) is 8.89. The van der Waals surface area contributed by atoms with Crippen molar-refractivity contribution in [3.05, 3.63) is 0 Å². The van der Waals surface area contributed by atoms with E-state index in [9.17, 15) is 0 Å². The summed E-state index contributed by atoms with van der Waals surface area (Å²) in [4.78, 5) is 3.85. The number of hydrogen-bond acceptors (Lipinski definition) is 2. The Bertz CT molecular complexity index is 91.3. The largest absolute Gasteiger partial charge is 0.393 e. The standard InChI is InChI=1S/C8H17NO/c1-7(9-3)5-4-6-8(2)10/h7-8,10H,3-6H2,1-2H3. The van der Waals surface area contributed by atoms with Crippen LogP contribution in [-0.2, 0) is 0 Å². The minimum atomic E-state index is -0.169. The van der Waals surface area contributed by atoms with Crippen molar-refractivity contribution in [1.29, 1.82) is 0 Å². The normalized spacial score (nSPS) is 16.3. The van der Waals surface area contributed by atoms with Crippen LogP contribution in [0.2, 0.25) is 0 Å². The zero-order valence-electron chi connectivity index (χ0n) is 6.88. The van der Waals surface area contributed by atoms with Crippen LogP contribution < -0.4 is 0 Å². The van der Waals surface area contributed by atoms with Gasteiger partial charge in [-0.25, -0.2) is 0 Å². The second kappa shape index (κ2) is 5.42. The molecule has 2 nitrogen and oxygen atoms in total. The van der Waals surface area contributed by atoms with E-state index in [1.165, 1.54) is 0 Å². The molecule has 0 rings (SSSR count). The minimum absolute atomic E-state index is 0.169. The molecule has 1 N–H and O–H groups in total. The average molecular weight is 143 g/mol. The van der Waals surface area contributed by atoms with Gasteiger partial charge in [-0.1, -0.05) is 0 Å². The highest BCUT2D eigenvalue weighted by Gasteiger charge is 1.99. The van der Waals surface area contributed by atoms with Crippen LogP contribution >= 0.6 is 0 Å². The van der Waals surface area contributed by atoms with E-state index in [0.29, 0.717) is 6.04 Å². The molecule has 0 aliphatic carbocycles. The van der Waals surface area contributed by atoms with Gasteiger partial charge < -0.3 is 5.11 Å². The lowest BCUT2D eigenvalue weighted by Crippen LogP contribution is -2.02. The summed E-state index contributed by atoms with van der Waals surface area (Å²) < 4.78 is 0. The molecular weight excluding hydrogens is 126 g/mol. The molecule has 0 heterocycles. The first-order valence-electron chi connectivity index (χ1n) is 3.80. The molecule has 2 heteroatoms. The lowest BCUT2D eigenvalue weighted by Gasteiger charge is -2.05. The number of hydrogen-bond donors (Lipinski definition) is 1. The third kappa shape index (κ3) is 5.76. The summed E-state index contributed by atoms with van der Waals surface area (Å²) in [5.41, 5.74) is 0. The summed E-state index contributed by atoms with van der Waals surface area (Å²) in [6.07, 6.45) is 2.78. The van der Waals surface area contributed by atoms with E-state index in [-0.39, 0.29) is 6.10 Å². The molecule has 0 aromatic carbocycles. The summed E-state index contributed by atoms with van der Waals surface area (Å²) in [5.74, 6) is 0. The van der Waals surface area contributed by atoms with Crippen LogP contribution in [-0.4, -0.2) is 24.0 Å². The molecule has 2 atom stereocenters. The first-order chi connectivity index (χ1) is 4.66. The van der Waals surface area contributed by atoms with Crippen LogP contribution in [0, 0.1) is 0 Å². The fraction of sp³-hybridized carbons (Fsp3) is 0.875. The molecule has 0 aromatic heterocycles. The molecule has 0 spiro atoms. The first-order valence-corrected chi connectivity index (χ1v) is 3.80. The zero-order valence-corrected chi connectivity index (χ0v) is 6.88. The monoisotopic (exact) mass is 143 g/mol. The van der Waals surface area contributed by atoms with Crippen molar-refractivity contribution >= 4 is 6.72 Å². The van der Waals surface area contributed by atoms with Gasteiger partial charge in [-0.3, -0.25) is 4.99 Å². The summed E-state index contributed by atoms with van der Waals surface area (Å²) in [6.45, 7) is 7.29. The van der Waals surface area contributed by atoms with Crippen LogP contribution in [0.25, 0.3) is 0 Å². The molecule has 0 radical (unpaired) electrons. The van der Waals surface area contributed by atoms with Crippen LogP contribution in [0.15, 0.2) is 4.99 Å². The van der Waals surface area contributed by atoms with E-state index in [1.54, 1.807) is 0 Å². The molecular formula is C8H17NO. The fourth-order valence-corrected chi connectivity index (χ4v) is 0.800. The molecule has 60 valence electrons. The zero-order chi connectivity index (χ0) is 7.98. The molecule has 0 bridgehead atoms. The second-order valence-corrected chi connectivity index (χ2v) is 2.81. The Kier molecular flexibility index (Phi) is 5.22. The Balaban J connectivity index is 3.11. The smallest absolute Gasteiger partial charge is 0.0512 e. The van der Waals surface area contributed by atoms with Gasteiger partial charge in [-0.2, -0.15) is 0 Å². The highest BCUT2D eigenvalue weighted by Crippen LogP contribution is 2.05. The molecule has 0 fully saturated rings. The van der Waals surface area contributed by atoms with Gasteiger partial charge in [-0.15, -0.1) is 0 Å². The van der Waals surface area contributed by atoms with E-state index >= 15 is 0 Å². The topological polar surface area (TPSA) is 32.6 Å². The number of rotatable bonds is 5. The maximum Gasteiger partial charge on any atom is 0.0512 e. The predicted octanol–water partition coefficient (Wildman–Crippen LogP) is 1.63. The van der Waals surface area contributed by atoms with Gasteiger partial charge >= 0.3 is 0 Å². The van der Waals surface area contributed by atoms with Gasteiger partial charge in [0.25, 0.3) is 0 Å². The molecule has 0 aromatic rings. The van der Waals surface area contributed by atoms with Crippen molar-refractivity contribution in [2.75, 3.05) is 0 Å². The van der Waals surface area contributed by atoms with Gasteiger partial charge in [0.15, 0.2) is 0 Å². The Morgan fingerprint density at radius 2 is 2.00 bits per heavy atom. The van der Waals surface area contributed by atoms with Crippen molar-refractivity contribution in [1.82, 2.24) is 0 Å². The Hall–Kier alpha value is -0.370. The number of aliphatic hydroxyl groups is 1. The third-order valence-corrected chi connectivity index (χ3v) is 1.56. The van der Waals surface area contributed by atoms with Crippen molar-refractivity contribution in [2.45, 2.75) is 45.3 Å². The highest BCUT2D eigenvalue weighted by molar-refractivity contribution is 5.23. The summed E-state index contributed by atoms with van der Waals surface area (Å²) in [6, 6.07) is 0.346. The molecule has 10 heavy (non-hydrogen) atoms. The Morgan fingerprint density at radius 1 is 1.40 bits per heavy atom. The van der Waals surface area contributed by atoms with E-state index in [2.05, 4.69) is 11.7 Å². The van der Waals surface area contributed by atoms with Gasteiger partial charge in [0.05, 0.1) is 6.10 Å². The quantitative estimate of drug-likeness (QED) is 0.583. The lowest BCUT2D eigenvalue weighted by atomic mass is 10.1. The average Bonchev–Trinajstić information content (AvgIpc) is 1.87. The number of nitrogens with zero attached hydrogens (tertiary/aromatic N) is 1. The maximum atomic E-state index is 8.89. The van der Waals surface area contributed by atoms with E-state index < -0.39 is 0 Å². The van der Waals surface area contributed by atoms with Crippen molar-refractivity contribution in [3.8, 4) is 0 Å². The van der Waals surface area contributed by atoms with Crippen LogP contribution in [0.5, 0.6) is 0 Å². The van der Waals surface area contributed by atoms with E-state index in [0.717, 1.165) is 19.3 Å². The predicted molar refractivity (Wildman–Crippen MR) is 44.5 cm³/mol. The van der Waals surface area contributed by atoms with Crippen molar-refractivity contribution in [2.24, 2.45) is 4.99 Å². The van der Waals surface area contributed by atoms with Crippen LogP contribution in [0.1, 0.15) is 33.1 Å². The molecule has 0 aliphatic rings. The molecule has 0 amide bonds. The third-order valence-electron chi connectivity index (χ3n) is 1.56. The van der Waals surface area contributed by atoms with Crippen LogP contribution in [0.4, 0.5) is 0 Å². The highest BCUT2D eigenvalue weighted by atomic mass is 16.3. The van der Waals surface area contributed by atoms with Gasteiger partial charge in [0.1, 0.15) is 0 Å². The van der Waals surface area contributed by atoms with Crippen LogP contribution in [0.3, 0.4) is 0 Å². The number of aliphatic hydroxyl groups excluding tert-OH is 1. The van der Waals surface area contributed by atoms with Crippen molar-refractivity contribution in [3.63, 3.8) is 0 Å². The number of aliphatic imine (C=N–C) groups is 1. The maximum absolute atomic E-state index is 8.89. The lowest BCUT2D eigenvalue weighted by molar-refractivity contribution is 0.180. The summed E-state index contributed by atoms with van der Waals surface area (Å²) >= 11 is 0. The van der Waals surface area contributed by atoms with Gasteiger partial charge in [0, 0.05) is 6.04 Å². The Morgan fingerprint density at radius 3 is 2.40 bits per heavy atom. The van der Waals surface area contributed by atoms with E-state index in [4.69, 9.17) is 5.11 Å². The molecule has 0 saturated heterocycles. The van der Waals surface area contributed by atoms with Crippen molar-refractivity contribution < 1.29 is 5.11 Å². The molecule has 0 aliphatic heterocycles. The SMILES string of the molecule is C=NC(C)CCCC(C)O.